The van der Waals surface area contributed by atoms with Crippen molar-refractivity contribution < 1.29 is 4.79 Å². The number of carbonyl (C=O) groups is 1. The van der Waals surface area contributed by atoms with Gasteiger partial charge in [-0.05, 0) is 37.5 Å². The number of hydrogen-bond donors (Lipinski definition) is 0. The Morgan fingerprint density at radius 3 is 2.71 bits per heavy atom. The topological polar surface area (TPSA) is 76.8 Å². The first-order chi connectivity index (χ1) is 15.2. The number of benzene rings is 1. The van der Waals surface area contributed by atoms with E-state index in [-0.39, 0.29) is 12.2 Å². The molecule has 0 bridgehead atoms. The van der Waals surface area contributed by atoms with Crippen LogP contribution in [-0.4, -0.2) is 43.4 Å². The summed E-state index contributed by atoms with van der Waals surface area (Å²) in [5.41, 5.74) is 3.52. The van der Waals surface area contributed by atoms with Crippen molar-refractivity contribution in [1.29, 1.82) is 0 Å². The number of aromatic nitrogens is 5. The number of Topliss-reactive ketones (excluding diaryl/α,β-unsaturated/α-hetero) is 1. The number of ketones is 1. The second kappa shape index (κ2) is 8.26. The molecule has 4 aromatic rings. The number of fused-ring (bicyclic) bond motifs is 1. The molecule has 1 aromatic carbocycles. The van der Waals surface area contributed by atoms with Gasteiger partial charge in [0.2, 0.25) is 0 Å². The zero-order valence-corrected chi connectivity index (χ0v) is 17.5. The van der Waals surface area contributed by atoms with Gasteiger partial charge in [0.15, 0.2) is 5.78 Å². The molecule has 0 unspecified atom stereocenters. The van der Waals surface area contributed by atoms with Gasteiger partial charge < -0.3 is 9.47 Å². The van der Waals surface area contributed by atoms with Crippen molar-refractivity contribution in [2.75, 3.05) is 18.0 Å². The summed E-state index contributed by atoms with van der Waals surface area (Å²) in [6.45, 7) is 1.99. The molecule has 0 spiro atoms. The Morgan fingerprint density at radius 2 is 1.90 bits per heavy atom. The van der Waals surface area contributed by atoms with E-state index in [4.69, 9.17) is 0 Å². The lowest BCUT2D eigenvalue weighted by atomic mass is 10.1. The van der Waals surface area contributed by atoms with Gasteiger partial charge in [0, 0.05) is 49.0 Å². The summed E-state index contributed by atoms with van der Waals surface area (Å²) >= 11 is 0. The Morgan fingerprint density at radius 1 is 1.03 bits per heavy atom. The molecule has 1 saturated heterocycles. The number of anilines is 1. The fourth-order valence-electron chi connectivity index (χ4n) is 4.07. The van der Waals surface area contributed by atoms with Gasteiger partial charge in [0.25, 0.3) is 0 Å². The van der Waals surface area contributed by atoms with Crippen LogP contribution in [0.15, 0.2) is 55.2 Å². The number of hydrogen-bond acceptors (Lipinski definition) is 6. The number of aryl methyl sites for hydroxylation is 1. The SMILES string of the molecule is Cn1cncc1-c1ccc2cnc(CC(=O)c3ccnc(N4CCCCC4)c3)nc2c1. The first kappa shape index (κ1) is 19.4. The number of imidazole rings is 1. The number of piperidine rings is 1. The first-order valence-corrected chi connectivity index (χ1v) is 10.6. The molecule has 7 heteroatoms. The molecule has 5 rings (SSSR count). The monoisotopic (exact) mass is 412 g/mol. The fraction of sp³-hybridized carbons (Fsp3) is 0.292. The molecular formula is C24H24N6O. The Labute approximate surface area is 180 Å². The van der Waals surface area contributed by atoms with Gasteiger partial charge in [0.05, 0.1) is 30.2 Å². The number of rotatable bonds is 5. The van der Waals surface area contributed by atoms with Crippen LogP contribution in [0, 0.1) is 0 Å². The van der Waals surface area contributed by atoms with Crippen molar-refractivity contribution in [3.63, 3.8) is 0 Å². The zero-order chi connectivity index (χ0) is 21.2. The van der Waals surface area contributed by atoms with Crippen LogP contribution in [0.4, 0.5) is 5.82 Å². The summed E-state index contributed by atoms with van der Waals surface area (Å²) in [6, 6.07) is 9.72. The predicted molar refractivity (Wildman–Crippen MR) is 120 cm³/mol. The van der Waals surface area contributed by atoms with E-state index >= 15 is 0 Å². The lowest BCUT2D eigenvalue weighted by Crippen LogP contribution is -2.30. The third kappa shape index (κ3) is 4.03. The Hall–Kier alpha value is -3.61. The standard InChI is InChI=1S/C24H24N6O/c1-29-16-25-15-21(29)17-5-6-19-14-27-23(28-20(19)11-17)13-22(31)18-7-8-26-24(12-18)30-9-3-2-4-10-30/h5-8,11-12,14-16H,2-4,9-10,13H2,1H3. The molecule has 7 nitrogen and oxygen atoms in total. The molecular weight excluding hydrogens is 388 g/mol. The summed E-state index contributed by atoms with van der Waals surface area (Å²) in [5, 5.41) is 0.943. The minimum Gasteiger partial charge on any atom is -0.357 e. The molecule has 0 radical (unpaired) electrons. The largest absolute Gasteiger partial charge is 0.357 e. The van der Waals surface area contributed by atoms with E-state index in [9.17, 15) is 4.79 Å². The minimum absolute atomic E-state index is 0.00259. The molecule has 3 aromatic heterocycles. The predicted octanol–water partition coefficient (Wildman–Crippen LogP) is 3.84. The summed E-state index contributed by atoms with van der Waals surface area (Å²) < 4.78 is 1.97. The minimum atomic E-state index is 0.00259. The molecule has 1 fully saturated rings. The van der Waals surface area contributed by atoms with Gasteiger partial charge in [-0.1, -0.05) is 12.1 Å². The van der Waals surface area contributed by atoms with E-state index in [1.807, 2.05) is 42.1 Å². The van der Waals surface area contributed by atoms with Crippen LogP contribution in [0.1, 0.15) is 35.4 Å². The molecule has 0 saturated carbocycles. The lowest BCUT2D eigenvalue weighted by molar-refractivity contribution is 0.0991. The first-order valence-electron chi connectivity index (χ1n) is 10.6. The second-order valence-corrected chi connectivity index (χ2v) is 8.00. The highest BCUT2D eigenvalue weighted by atomic mass is 16.1. The Kier molecular flexibility index (Phi) is 5.16. The maximum absolute atomic E-state index is 12.9. The van der Waals surface area contributed by atoms with Gasteiger partial charge in [-0.25, -0.2) is 19.9 Å². The summed E-state index contributed by atoms with van der Waals surface area (Å²) in [6.07, 6.45) is 10.9. The van der Waals surface area contributed by atoms with Gasteiger partial charge >= 0.3 is 0 Å². The maximum Gasteiger partial charge on any atom is 0.170 e. The van der Waals surface area contributed by atoms with Crippen LogP contribution in [0.2, 0.25) is 0 Å². The van der Waals surface area contributed by atoms with Crippen molar-refractivity contribution in [2.45, 2.75) is 25.7 Å². The number of carbonyl (C=O) groups excluding carboxylic acids is 1. The Bertz CT molecular complexity index is 1240. The van der Waals surface area contributed by atoms with E-state index in [0.717, 1.165) is 41.1 Å². The molecule has 156 valence electrons. The average molecular weight is 412 g/mol. The highest BCUT2D eigenvalue weighted by Crippen LogP contribution is 2.23. The maximum atomic E-state index is 12.9. The van der Waals surface area contributed by atoms with Crippen molar-refractivity contribution >= 4 is 22.5 Å². The summed E-state index contributed by atoms with van der Waals surface area (Å²) in [5.74, 6) is 1.41. The van der Waals surface area contributed by atoms with Crippen LogP contribution in [0.25, 0.3) is 22.2 Å². The van der Waals surface area contributed by atoms with Crippen LogP contribution < -0.4 is 4.90 Å². The van der Waals surface area contributed by atoms with E-state index in [0.29, 0.717) is 11.4 Å². The molecule has 0 N–H and O–H groups in total. The summed E-state index contributed by atoms with van der Waals surface area (Å²) in [7, 11) is 1.96. The van der Waals surface area contributed by atoms with Crippen LogP contribution in [0.3, 0.4) is 0 Å². The van der Waals surface area contributed by atoms with Gasteiger partial charge in [0.1, 0.15) is 11.6 Å². The smallest absolute Gasteiger partial charge is 0.170 e. The van der Waals surface area contributed by atoms with E-state index in [1.165, 1.54) is 19.3 Å². The van der Waals surface area contributed by atoms with Crippen molar-refractivity contribution in [3.8, 4) is 11.3 Å². The summed E-state index contributed by atoms with van der Waals surface area (Å²) in [4.78, 5) is 32.9. The average Bonchev–Trinajstić information content (AvgIpc) is 3.25. The molecule has 4 heterocycles. The second-order valence-electron chi connectivity index (χ2n) is 8.00. The fourth-order valence-corrected chi connectivity index (χ4v) is 4.07. The van der Waals surface area contributed by atoms with E-state index < -0.39 is 0 Å². The quantitative estimate of drug-likeness (QED) is 0.464. The van der Waals surface area contributed by atoms with Crippen molar-refractivity contribution in [2.24, 2.45) is 7.05 Å². The molecule has 0 aliphatic carbocycles. The zero-order valence-electron chi connectivity index (χ0n) is 17.5. The highest BCUT2D eigenvalue weighted by Gasteiger charge is 2.16. The lowest BCUT2D eigenvalue weighted by Gasteiger charge is -2.27. The van der Waals surface area contributed by atoms with Gasteiger partial charge in [-0.2, -0.15) is 0 Å². The van der Waals surface area contributed by atoms with Gasteiger partial charge in [-0.15, -0.1) is 0 Å². The van der Waals surface area contributed by atoms with Crippen LogP contribution in [0.5, 0.6) is 0 Å². The van der Waals surface area contributed by atoms with Crippen molar-refractivity contribution in [1.82, 2.24) is 24.5 Å². The molecule has 1 aliphatic heterocycles. The Balaban J connectivity index is 1.38. The normalized spacial score (nSPS) is 14.2. The third-order valence-corrected chi connectivity index (χ3v) is 5.81. The van der Waals surface area contributed by atoms with Crippen molar-refractivity contribution in [3.05, 3.63) is 66.6 Å². The molecule has 0 amide bonds. The van der Waals surface area contributed by atoms with Gasteiger partial charge in [-0.3, -0.25) is 4.79 Å². The number of nitrogens with zero attached hydrogens (tertiary/aromatic N) is 6. The van der Waals surface area contributed by atoms with Crippen LogP contribution >= 0.6 is 0 Å². The number of pyridine rings is 1. The highest BCUT2D eigenvalue weighted by molar-refractivity contribution is 5.98. The third-order valence-electron chi connectivity index (χ3n) is 5.81. The van der Waals surface area contributed by atoms with Crippen LogP contribution in [-0.2, 0) is 13.5 Å². The molecule has 0 atom stereocenters. The molecule has 31 heavy (non-hydrogen) atoms. The van der Waals surface area contributed by atoms with E-state index in [1.54, 1.807) is 24.8 Å². The molecule has 1 aliphatic rings. The van der Waals surface area contributed by atoms with E-state index in [2.05, 4.69) is 24.8 Å².